The summed E-state index contributed by atoms with van der Waals surface area (Å²) in [5, 5.41) is 14.9. The van der Waals surface area contributed by atoms with Gasteiger partial charge in [0.2, 0.25) is 5.91 Å². The average Bonchev–Trinajstić information content (AvgIpc) is 2.98. The summed E-state index contributed by atoms with van der Waals surface area (Å²) < 4.78 is 1.94. The van der Waals surface area contributed by atoms with E-state index in [0.717, 1.165) is 25.1 Å². The van der Waals surface area contributed by atoms with Gasteiger partial charge in [-0.25, -0.2) is 4.68 Å². The SMILES string of the molecule is O=C1CC[C@@H](c2nnnn2C2CCCCC2)N1. The number of carbonyl (C=O) groups excluding carboxylic acids is 1. The Morgan fingerprint density at radius 1 is 1.18 bits per heavy atom. The van der Waals surface area contributed by atoms with E-state index < -0.39 is 0 Å². The molecule has 1 N–H and O–H groups in total. The Kier molecular flexibility index (Phi) is 2.78. The number of rotatable bonds is 2. The predicted octanol–water partition coefficient (Wildman–Crippen LogP) is 1.13. The zero-order valence-electron chi connectivity index (χ0n) is 9.80. The second kappa shape index (κ2) is 4.43. The van der Waals surface area contributed by atoms with Gasteiger partial charge in [0.05, 0.1) is 12.1 Å². The molecule has 0 aromatic carbocycles. The third kappa shape index (κ3) is 2.03. The fourth-order valence-corrected chi connectivity index (χ4v) is 2.82. The molecule has 1 amide bonds. The molecule has 92 valence electrons. The van der Waals surface area contributed by atoms with E-state index in [-0.39, 0.29) is 11.9 Å². The van der Waals surface area contributed by atoms with Gasteiger partial charge in [-0.3, -0.25) is 4.79 Å². The lowest BCUT2D eigenvalue weighted by atomic mass is 9.95. The van der Waals surface area contributed by atoms with Crippen LogP contribution in [0.15, 0.2) is 0 Å². The molecular weight excluding hydrogens is 218 g/mol. The topological polar surface area (TPSA) is 72.7 Å². The molecule has 1 aliphatic heterocycles. The van der Waals surface area contributed by atoms with Crippen molar-refractivity contribution in [1.29, 1.82) is 0 Å². The monoisotopic (exact) mass is 235 g/mol. The average molecular weight is 235 g/mol. The normalized spacial score (nSPS) is 26.1. The number of amides is 1. The van der Waals surface area contributed by atoms with Gasteiger partial charge in [0.15, 0.2) is 5.82 Å². The first-order chi connectivity index (χ1) is 8.34. The van der Waals surface area contributed by atoms with Crippen LogP contribution in [0.5, 0.6) is 0 Å². The van der Waals surface area contributed by atoms with Crippen LogP contribution < -0.4 is 5.32 Å². The third-order valence-electron chi connectivity index (χ3n) is 3.75. The lowest BCUT2D eigenvalue weighted by Crippen LogP contribution is -2.24. The second-order valence-electron chi connectivity index (χ2n) is 4.93. The molecule has 3 rings (SSSR count). The van der Waals surface area contributed by atoms with E-state index in [2.05, 4.69) is 20.8 Å². The van der Waals surface area contributed by atoms with Gasteiger partial charge in [-0.2, -0.15) is 0 Å². The maximum Gasteiger partial charge on any atom is 0.220 e. The summed E-state index contributed by atoms with van der Waals surface area (Å²) in [7, 11) is 0. The largest absolute Gasteiger partial charge is 0.346 e. The molecule has 17 heavy (non-hydrogen) atoms. The van der Waals surface area contributed by atoms with Crippen molar-refractivity contribution < 1.29 is 4.79 Å². The predicted molar refractivity (Wildman–Crippen MR) is 60.1 cm³/mol. The first kappa shape index (κ1) is 10.7. The zero-order chi connectivity index (χ0) is 11.7. The minimum Gasteiger partial charge on any atom is -0.346 e. The van der Waals surface area contributed by atoms with E-state index in [1.165, 1.54) is 19.3 Å². The molecule has 0 spiro atoms. The van der Waals surface area contributed by atoms with Crippen LogP contribution in [0.25, 0.3) is 0 Å². The van der Waals surface area contributed by atoms with Gasteiger partial charge >= 0.3 is 0 Å². The van der Waals surface area contributed by atoms with Gasteiger partial charge < -0.3 is 5.32 Å². The Hall–Kier alpha value is -1.46. The lowest BCUT2D eigenvalue weighted by molar-refractivity contribution is -0.119. The Labute approximate surface area is 99.8 Å². The van der Waals surface area contributed by atoms with Crippen LogP contribution in [0.2, 0.25) is 0 Å². The highest BCUT2D eigenvalue weighted by atomic mass is 16.1. The van der Waals surface area contributed by atoms with E-state index in [1.807, 2.05) is 4.68 Å². The molecule has 1 aromatic rings. The van der Waals surface area contributed by atoms with Crippen molar-refractivity contribution in [3.8, 4) is 0 Å². The molecule has 1 saturated heterocycles. The quantitative estimate of drug-likeness (QED) is 0.834. The number of nitrogens with zero attached hydrogens (tertiary/aromatic N) is 4. The van der Waals surface area contributed by atoms with Crippen LogP contribution in [-0.2, 0) is 4.79 Å². The van der Waals surface area contributed by atoms with Crippen LogP contribution in [0.3, 0.4) is 0 Å². The molecule has 1 atom stereocenters. The van der Waals surface area contributed by atoms with Crippen molar-refractivity contribution in [2.45, 2.75) is 57.0 Å². The van der Waals surface area contributed by atoms with Crippen molar-refractivity contribution >= 4 is 5.91 Å². The van der Waals surface area contributed by atoms with Crippen molar-refractivity contribution in [2.24, 2.45) is 0 Å². The fraction of sp³-hybridized carbons (Fsp3) is 0.818. The molecule has 2 heterocycles. The second-order valence-corrected chi connectivity index (χ2v) is 4.93. The summed E-state index contributed by atoms with van der Waals surface area (Å²) in [5.41, 5.74) is 0. The number of hydrogen-bond acceptors (Lipinski definition) is 4. The molecule has 1 saturated carbocycles. The van der Waals surface area contributed by atoms with Crippen molar-refractivity contribution in [3.63, 3.8) is 0 Å². The smallest absolute Gasteiger partial charge is 0.220 e. The molecule has 0 radical (unpaired) electrons. The van der Waals surface area contributed by atoms with Gasteiger partial charge in [0.25, 0.3) is 0 Å². The summed E-state index contributed by atoms with van der Waals surface area (Å²) in [4.78, 5) is 11.2. The zero-order valence-corrected chi connectivity index (χ0v) is 9.80. The number of aromatic nitrogens is 4. The van der Waals surface area contributed by atoms with Crippen LogP contribution in [0.4, 0.5) is 0 Å². The van der Waals surface area contributed by atoms with Crippen LogP contribution in [0.1, 0.15) is 62.9 Å². The molecular formula is C11H17N5O. The minimum absolute atomic E-state index is 0.0134. The third-order valence-corrected chi connectivity index (χ3v) is 3.75. The molecule has 0 unspecified atom stereocenters. The number of tetrazole rings is 1. The standard InChI is InChI=1S/C11H17N5O/c17-10-7-6-9(12-10)11-13-14-15-16(11)8-4-2-1-3-5-8/h8-9H,1-7H2,(H,12,17)/t9-/m0/s1. The maximum absolute atomic E-state index is 11.2. The van der Waals surface area contributed by atoms with E-state index in [1.54, 1.807) is 0 Å². The lowest BCUT2D eigenvalue weighted by Gasteiger charge is -2.23. The highest BCUT2D eigenvalue weighted by Gasteiger charge is 2.29. The first-order valence-corrected chi connectivity index (χ1v) is 6.42. The molecule has 2 fully saturated rings. The highest BCUT2D eigenvalue weighted by molar-refractivity contribution is 5.78. The van der Waals surface area contributed by atoms with Crippen molar-refractivity contribution in [2.75, 3.05) is 0 Å². The van der Waals surface area contributed by atoms with E-state index >= 15 is 0 Å². The Bertz CT molecular complexity index is 410. The van der Waals surface area contributed by atoms with E-state index in [9.17, 15) is 4.79 Å². The summed E-state index contributed by atoms with van der Waals surface area (Å²) >= 11 is 0. The number of nitrogens with one attached hydrogen (secondary N) is 1. The van der Waals surface area contributed by atoms with Gasteiger partial charge in [-0.05, 0) is 29.7 Å². The van der Waals surface area contributed by atoms with Gasteiger partial charge in [0, 0.05) is 6.42 Å². The number of carbonyl (C=O) groups is 1. The van der Waals surface area contributed by atoms with Gasteiger partial charge in [-0.1, -0.05) is 19.3 Å². The molecule has 1 aliphatic carbocycles. The Balaban J connectivity index is 1.80. The van der Waals surface area contributed by atoms with Gasteiger partial charge in [0.1, 0.15) is 0 Å². The summed E-state index contributed by atoms with van der Waals surface area (Å²) in [6.07, 6.45) is 7.52. The number of hydrogen-bond donors (Lipinski definition) is 1. The molecule has 6 nitrogen and oxygen atoms in total. The van der Waals surface area contributed by atoms with Crippen molar-refractivity contribution in [1.82, 2.24) is 25.5 Å². The highest BCUT2D eigenvalue weighted by Crippen LogP contribution is 2.30. The summed E-state index contributed by atoms with van der Waals surface area (Å²) in [6.45, 7) is 0. The maximum atomic E-state index is 11.2. The molecule has 2 aliphatic rings. The summed E-state index contributed by atoms with van der Waals surface area (Å²) in [6, 6.07) is 0.436. The Morgan fingerprint density at radius 2 is 2.00 bits per heavy atom. The van der Waals surface area contributed by atoms with Crippen molar-refractivity contribution in [3.05, 3.63) is 5.82 Å². The Morgan fingerprint density at radius 3 is 2.71 bits per heavy atom. The van der Waals surface area contributed by atoms with Crippen LogP contribution >= 0.6 is 0 Å². The molecule has 1 aromatic heterocycles. The van der Waals surface area contributed by atoms with E-state index in [0.29, 0.717) is 12.5 Å². The van der Waals surface area contributed by atoms with Gasteiger partial charge in [-0.15, -0.1) is 5.10 Å². The van der Waals surface area contributed by atoms with Crippen LogP contribution in [0, 0.1) is 0 Å². The van der Waals surface area contributed by atoms with Crippen LogP contribution in [-0.4, -0.2) is 26.1 Å². The first-order valence-electron chi connectivity index (χ1n) is 6.42. The molecule has 6 heteroatoms. The summed E-state index contributed by atoms with van der Waals surface area (Å²) in [5.74, 6) is 0.941. The minimum atomic E-state index is 0.0134. The molecule has 0 bridgehead atoms. The van der Waals surface area contributed by atoms with E-state index in [4.69, 9.17) is 0 Å². The fourth-order valence-electron chi connectivity index (χ4n) is 2.82.